The number of aryl methyl sites for hydroxylation is 1. The van der Waals surface area contributed by atoms with Gasteiger partial charge in [-0.05, 0) is 18.6 Å². The summed E-state index contributed by atoms with van der Waals surface area (Å²) in [4.78, 5) is 12.0. The lowest BCUT2D eigenvalue weighted by molar-refractivity contribution is 0.628. The molecule has 0 fully saturated rings. The quantitative estimate of drug-likeness (QED) is 0.842. The van der Waals surface area contributed by atoms with Crippen LogP contribution in [0.4, 0.5) is 0 Å². The van der Waals surface area contributed by atoms with Crippen molar-refractivity contribution < 1.29 is 0 Å². The molecule has 4 nitrogen and oxygen atoms in total. The molecular weight excluding hydrogens is 246 g/mol. The fourth-order valence-electron chi connectivity index (χ4n) is 1.61. The van der Waals surface area contributed by atoms with E-state index in [-0.39, 0.29) is 5.56 Å². The van der Waals surface area contributed by atoms with Crippen LogP contribution in [-0.4, -0.2) is 14.8 Å². The monoisotopic (exact) mass is 259 g/mol. The second-order valence-corrected chi connectivity index (χ2v) is 4.47. The smallest absolute Gasteiger partial charge is 0.267 e. The number of nitrogens with zero attached hydrogens (tertiary/aromatic N) is 2. The molecule has 0 atom stereocenters. The highest BCUT2D eigenvalue weighted by atomic mass is 32.1. The predicted octanol–water partition coefficient (Wildman–Crippen LogP) is 1.23. The molecule has 2 aromatic rings. The molecule has 5 heteroatoms. The Hall–Kier alpha value is -2.01. The van der Waals surface area contributed by atoms with Crippen LogP contribution in [-0.2, 0) is 6.54 Å². The third-order valence-corrected chi connectivity index (χ3v) is 2.81. The molecule has 0 aliphatic carbocycles. The van der Waals surface area contributed by atoms with Crippen molar-refractivity contribution in [1.29, 1.82) is 0 Å². The maximum atomic E-state index is 11.6. The van der Waals surface area contributed by atoms with E-state index in [2.05, 4.69) is 5.10 Å². The zero-order valence-corrected chi connectivity index (χ0v) is 10.8. The van der Waals surface area contributed by atoms with Gasteiger partial charge < -0.3 is 5.73 Å². The first-order chi connectivity index (χ1) is 8.56. The highest BCUT2D eigenvalue weighted by Crippen LogP contribution is 2.05. The van der Waals surface area contributed by atoms with Gasteiger partial charge >= 0.3 is 0 Å². The van der Waals surface area contributed by atoms with Crippen molar-refractivity contribution in [2.24, 2.45) is 5.73 Å². The normalized spacial score (nSPS) is 10.3. The lowest BCUT2D eigenvalue weighted by atomic mass is 10.1. The average molecular weight is 259 g/mol. The summed E-state index contributed by atoms with van der Waals surface area (Å²) in [6.07, 6.45) is 0. The van der Waals surface area contributed by atoms with Crippen molar-refractivity contribution >= 4 is 17.2 Å². The van der Waals surface area contributed by atoms with E-state index in [4.69, 9.17) is 18.0 Å². The van der Waals surface area contributed by atoms with Gasteiger partial charge in [-0.1, -0.05) is 36.5 Å². The summed E-state index contributed by atoms with van der Waals surface area (Å²) in [5.74, 6) is 0. The number of rotatable bonds is 3. The minimum atomic E-state index is -0.112. The van der Waals surface area contributed by atoms with E-state index >= 15 is 0 Å². The zero-order chi connectivity index (χ0) is 13.1. The van der Waals surface area contributed by atoms with Crippen LogP contribution in [0.2, 0.25) is 0 Å². The van der Waals surface area contributed by atoms with Crippen LogP contribution in [0.1, 0.15) is 16.8 Å². The van der Waals surface area contributed by atoms with Gasteiger partial charge in [0.2, 0.25) is 0 Å². The lowest BCUT2D eigenvalue weighted by Crippen LogP contribution is -2.23. The number of benzene rings is 1. The van der Waals surface area contributed by atoms with Crippen LogP contribution in [0.3, 0.4) is 0 Å². The Morgan fingerprint density at radius 2 is 1.94 bits per heavy atom. The van der Waals surface area contributed by atoms with Crippen molar-refractivity contribution in [2.75, 3.05) is 0 Å². The number of aromatic nitrogens is 2. The molecule has 0 saturated carbocycles. The minimum Gasteiger partial charge on any atom is -0.389 e. The van der Waals surface area contributed by atoms with Gasteiger partial charge in [-0.25, -0.2) is 4.68 Å². The molecule has 1 heterocycles. The number of thiocarbonyl (C=S) groups is 1. The standard InChI is InChI=1S/C13H13N3OS/c1-9-2-7-12(17)16(15-9)8-10-3-5-11(6-4-10)13(14)18/h2-7H,8H2,1H3,(H2,14,18). The maximum absolute atomic E-state index is 11.6. The van der Waals surface area contributed by atoms with Crippen molar-refractivity contribution in [3.8, 4) is 0 Å². The molecule has 1 aromatic carbocycles. The Morgan fingerprint density at radius 3 is 2.56 bits per heavy atom. The van der Waals surface area contributed by atoms with E-state index in [9.17, 15) is 4.79 Å². The molecule has 0 saturated heterocycles. The Labute approximate surface area is 110 Å². The Kier molecular flexibility index (Phi) is 3.53. The zero-order valence-electron chi connectivity index (χ0n) is 9.96. The summed E-state index contributed by atoms with van der Waals surface area (Å²) in [6, 6.07) is 10.7. The molecule has 1 aromatic heterocycles. The molecule has 0 aliphatic heterocycles. The SMILES string of the molecule is Cc1ccc(=O)n(Cc2ccc(C(N)=S)cc2)n1. The second kappa shape index (κ2) is 5.10. The van der Waals surface area contributed by atoms with Gasteiger partial charge in [-0.15, -0.1) is 0 Å². The van der Waals surface area contributed by atoms with Crippen LogP contribution in [0.25, 0.3) is 0 Å². The van der Waals surface area contributed by atoms with Crippen molar-refractivity contribution in [1.82, 2.24) is 9.78 Å². The largest absolute Gasteiger partial charge is 0.389 e. The van der Waals surface area contributed by atoms with Crippen molar-refractivity contribution in [2.45, 2.75) is 13.5 Å². The third-order valence-electron chi connectivity index (χ3n) is 2.57. The molecular formula is C13H13N3OS. The molecule has 2 rings (SSSR count). The average Bonchev–Trinajstić information content (AvgIpc) is 2.34. The molecule has 0 bridgehead atoms. The van der Waals surface area contributed by atoms with Crippen LogP contribution >= 0.6 is 12.2 Å². The van der Waals surface area contributed by atoms with Gasteiger partial charge in [0.25, 0.3) is 5.56 Å². The first kappa shape index (κ1) is 12.4. The Bertz CT molecular complexity index is 631. The predicted molar refractivity (Wildman–Crippen MR) is 74.7 cm³/mol. The molecule has 0 radical (unpaired) electrons. The Balaban J connectivity index is 2.26. The van der Waals surface area contributed by atoms with Gasteiger partial charge in [-0.3, -0.25) is 4.79 Å². The van der Waals surface area contributed by atoms with E-state index in [0.717, 1.165) is 16.8 Å². The summed E-state index contributed by atoms with van der Waals surface area (Å²) in [5.41, 5.74) is 8.03. The van der Waals surface area contributed by atoms with Crippen LogP contribution in [0, 0.1) is 6.92 Å². The summed E-state index contributed by atoms with van der Waals surface area (Å²) in [7, 11) is 0. The van der Waals surface area contributed by atoms with E-state index in [1.807, 2.05) is 31.2 Å². The summed E-state index contributed by atoms with van der Waals surface area (Å²) in [5, 5.41) is 4.18. The van der Waals surface area contributed by atoms with Gasteiger partial charge in [0.05, 0.1) is 12.2 Å². The van der Waals surface area contributed by atoms with E-state index < -0.39 is 0 Å². The molecule has 0 unspecified atom stereocenters. The third kappa shape index (κ3) is 2.81. The number of hydrogen-bond acceptors (Lipinski definition) is 3. The Morgan fingerprint density at radius 1 is 1.28 bits per heavy atom. The molecule has 0 amide bonds. The van der Waals surface area contributed by atoms with Crippen molar-refractivity contribution in [3.63, 3.8) is 0 Å². The van der Waals surface area contributed by atoms with Crippen LogP contribution in [0.15, 0.2) is 41.2 Å². The van der Waals surface area contributed by atoms with Gasteiger partial charge in [0.1, 0.15) is 4.99 Å². The molecule has 18 heavy (non-hydrogen) atoms. The first-order valence-electron chi connectivity index (χ1n) is 5.50. The van der Waals surface area contributed by atoms with E-state index in [1.54, 1.807) is 6.07 Å². The molecule has 0 aliphatic rings. The first-order valence-corrected chi connectivity index (χ1v) is 5.90. The summed E-state index contributed by atoms with van der Waals surface area (Å²) < 4.78 is 1.44. The highest BCUT2D eigenvalue weighted by molar-refractivity contribution is 7.80. The second-order valence-electron chi connectivity index (χ2n) is 4.03. The topological polar surface area (TPSA) is 60.9 Å². The maximum Gasteiger partial charge on any atom is 0.267 e. The van der Waals surface area contributed by atoms with E-state index in [1.165, 1.54) is 10.7 Å². The van der Waals surface area contributed by atoms with Gasteiger partial charge in [0, 0.05) is 11.6 Å². The number of nitrogens with two attached hydrogens (primary N) is 1. The molecule has 2 N–H and O–H groups in total. The van der Waals surface area contributed by atoms with Crippen LogP contribution < -0.4 is 11.3 Å². The van der Waals surface area contributed by atoms with Gasteiger partial charge in [-0.2, -0.15) is 5.10 Å². The fraction of sp³-hybridized carbons (Fsp3) is 0.154. The number of hydrogen-bond donors (Lipinski definition) is 1. The molecule has 0 spiro atoms. The summed E-state index contributed by atoms with van der Waals surface area (Å²) >= 11 is 4.88. The van der Waals surface area contributed by atoms with Crippen LogP contribution in [0.5, 0.6) is 0 Å². The van der Waals surface area contributed by atoms with Crippen molar-refractivity contribution in [3.05, 3.63) is 63.6 Å². The van der Waals surface area contributed by atoms with E-state index in [0.29, 0.717) is 11.5 Å². The minimum absolute atomic E-state index is 0.112. The summed E-state index contributed by atoms with van der Waals surface area (Å²) in [6.45, 7) is 2.30. The fourth-order valence-corrected chi connectivity index (χ4v) is 1.75. The molecule has 92 valence electrons. The lowest BCUT2D eigenvalue weighted by Gasteiger charge is -2.06. The van der Waals surface area contributed by atoms with Gasteiger partial charge in [0.15, 0.2) is 0 Å². The highest BCUT2D eigenvalue weighted by Gasteiger charge is 2.01.